The molecule has 5 heteroatoms. The maximum atomic E-state index is 4.99. The van der Waals surface area contributed by atoms with Crippen molar-refractivity contribution in [3.05, 3.63) is 223 Å². The predicted molar refractivity (Wildman–Crippen MR) is 249 cm³/mol. The summed E-state index contributed by atoms with van der Waals surface area (Å²) in [6.07, 6.45) is 6.30. The van der Waals surface area contributed by atoms with Gasteiger partial charge in [-0.05, 0) is 75.2 Å². The van der Waals surface area contributed by atoms with Gasteiger partial charge in [0.2, 0.25) is 0 Å². The first-order valence-corrected chi connectivity index (χ1v) is 20.3. The van der Waals surface area contributed by atoms with E-state index in [4.69, 9.17) is 4.98 Å². The van der Waals surface area contributed by atoms with Crippen LogP contribution in [0.2, 0.25) is 0 Å². The molecular formula is C55H53N4Pt-3. The van der Waals surface area contributed by atoms with Crippen molar-refractivity contribution in [3.8, 4) is 5.82 Å². The fraction of sp³-hybridized carbons (Fsp3) is 0.200. The van der Waals surface area contributed by atoms with Gasteiger partial charge < -0.3 is 21.8 Å². The van der Waals surface area contributed by atoms with E-state index in [9.17, 15) is 0 Å². The summed E-state index contributed by atoms with van der Waals surface area (Å²) >= 11 is 0. The van der Waals surface area contributed by atoms with Crippen LogP contribution >= 0.6 is 0 Å². The molecule has 4 nitrogen and oxygen atoms in total. The smallest absolute Gasteiger partial charge is 0.135 e. The number of fused-ring (bicyclic) bond motifs is 3. The topological polar surface area (TPSA) is 24.3 Å². The molecule has 6 aromatic carbocycles. The van der Waals surface area contributed by atoms with Gasteiger partial charge >= 0.3 is 0 Å². The van der Waals surface area contributed by atoms with Crippen LogP contribution in [-0.4, -0.2) is 16.2 Å². The number of para-hydroxylation sites is 1. The van der Waals surface area contributed by atoms with Crippen LogP contribution in [0.25, 0.3) is 27.6 Å². The number of nitrogens with zero attached hydrogens (tertiary/aromatic N) is 4. The first-order chi connectivity index (χ1) is 27.9. The Labute approximate surface area is 371 Å². The molecule has 0 saturated carbocycles. The van der Waals surface area contributed by atoms with E-state index >= 15 is 0 Å². The number of pyridine rings is 1. The summed E-state index contributed by atoms with van der Waals surface area (Å²) in [6, 6.07) is 60.8. The van der Waals surface area contributed by atoms with Gasteiger partial charge in [0.1, 0.15) is 5.82 Å². The molecule has 306 valence electrons. The van der Waals surface area contributed by atoms with E-state index in [1.807, 2.05) is 6.20 Å². The Morgan fingerprint density at radius 3 is 1.83 bits per heavy atom. The fourth-order valence-corrected chi connectivity index (χ4v) is 8.69. The summed E-state index contributed by atoms with van der Waals surface area (Å²) in [5, 5.41) is 2.32. The van der Waals surface area contributed by atoms with Crippen molar-refractivity contribution < 1.29 is 21.1 Å². The van der Waals surface area contributed by atoms with Gasteiger partial charge in [0.25, 0.3) is 0 Å². The molecule has 0 spiro atoms. The molecule has 0 radical (unpaired) electrons. The van der Waals surface area contributed by atoms with Crippen LogP contribution < -0.4 is 9.80 Å². The van der Waals surface area contributed by atoms with Gasteiger partial charge in [-0.3, -0.25) is 0 Å². The molecule has 60 heavy (non-hydrogen) atoms. The SMILES string of the molecule is Cc1cc(C(C)(C)C)ccc1N1C=CN(c2[c-]c(C(c3[c-]c4c(cc3)c3ccccc3n4-c3cc(C(C)(C)C)ccn3)(c3ccccc3)c3ccccc3)ccc2)C1.[CH3-].[Pt]. The molecule has 2 aromatic heterocycles. The summed E-state index contributed by atoms with van der Waals surface area (Å²) in [6.45, 7) is 16.5. The van der Waals surface area contributed by atoms with Crippen molar-refractivity contribution in [2.75, 3.05) is 16.5 Å². The standard InChI is InChI=1S/C54H50N4.CH3.Pt/c1-38-33-41(52(2,3)4)26-28-48(38)57-32-31-56(37-57)45-22-16-21-43(34-45)54(39-17-10-8-11-18-39,40-19-12-9-13-20-40)44-25-27-47-46-23-14-15-24-49(46)58(50(47)35-44)51-36-42(29-30-55-51)53(5,6)7;;/h8-33,36H,37H2,1-7H3;1H3;/q-2;-1;. The average Bonchev–Trinajstić information content (AvgIpc) is 3.85. The molecule has 0 N–H and O–H groups in total. The third-order valence-electron chi connectivity index (χ3n) is 11.8. The number of hydrogen-bond donors (Lipinski definition) is 0. The van der Waals surface area contributed by atoms with E-state index in [1.165, 1.54) is 27.8 Å². The molecule has 1 aliphatic heterocycles. The Kier molecular flexibility index (Phi) is 11.6. The first kappa shape index (κ1) is 42.4. The Hall–Kier alpha value is -5.70. The van der Waals surface area contributed by atoms with Crippen LogP contribution in [0.4, 0.5) is 11.4 Å². The second-order valence-corrected chi connectivity index (χ2v) is 17.7. The van der Waals surface area contributed by atoms with Gasteiger partial charge in [-0.1, -0.05) is 144 Å². The van der Waals surface area contributed by atoms with Crippen LogP contribution in [0, 0.1) is 26.5 Å². The first-order valence-electron chi connectivity index (χ1n) is 20.3. The minimum absolute atomic E-state index is 0. The number of aromatic nitrogens is 2. The summed E-state index contributed by atoms with van der Waals surface area (Å²) in [5.74, 6) is 0.888. The number of hydrogen-bond acceptors (Lipinski definition) is 3. The van der Waals surface area contributed by atoms with Crippen molar-refractivity contribution in [1.29, 1.82) is 0 Å². The zero-order chi connectivity index (χ0) is 40.2. The van der Waals surface area contributed by atoms with E-state index in [-0.39, 0.29) is 39.3 Å². The van der Waals surface area contributed by atoms with Gasteiger partial charge in [0.15, 0.2) is 0 Å². The van der Waals surface area contributed by atoms with E-state index in [1.54, 1.807) is 0 Å². The monoisotopic (exact) mass is 964 g/mol. The van der Waals surface area contributed by atoms with Crippen LogP contribution in [-0.2, 0) is 37.3 Å². The van der Waals surface area contributed by atoms with E-state index in [2.05, 4.69) is 233 Å². The number of aryl methyl sites for hydroxylation is 1. The second kappa shape index (κ2) is 16.4. The fourth-order valence-electron chi connectivity index (χ4n) is 8.69. The van der Waals surface area contributed by atoms with Gasteiger partial charge in [-0.15, -0.1) is 22.6 Å². The van der Waals surface area contributed by atoms with Crippen molar-refractivity contribution in [2.45, 2.75) is 64.7 Å². The summed E-state index contributed by atoms with van der Waals surface area (Å²) < 4.78 is 2.30. The number of anilines is 2. The molecule has 8 aromatic rings. The molecular weight excluding hydrogens is 912 g/mol. The minimum atomic E-state index is -0.753. The van der Waals surface area contributed by atoms with Crippen LogP contribution in [0.15, 0.2) is 164 Å². The average molecular weight is 965 g/mol. The Bertz CT molecular complexity index is 2770. The Balaban J connectivity index is 0.00000272. The third kappa shape index (κ3) is 7.41. The Morgan fingerprint density at radius 1 is 0.550 bits per heavy atom. The Morgan fingerprint density at radius 2 is 1.17 bits per heavy atom. The van der Waals surface area contributed by atoms with Crippen LogP contribution in [0.5, 0.6) is 0 Å². The summed E-state index contributed by atoms with van der Waals surface area (Å²) in [5.41, 5.74) is 11.9. The second-order valence-electron chi connectivity index (χ2n) is 17.7. The van der Waals surface area contributed by atoms with Gasteiger partial charge in [-0.25, -0.2) is 4.98 Å². The summed E-state index contributed by atoms with van der Waals surface area (Å²) in [4.78, 5) is 9.60. The van der Waals surface area contributed by atoms with Crippen LogP contribution in [0.3, 0.4) is 0 Å². The zero-order valence-electron chi connectivity index (χ0n) is 35.9. The summed E-state index contributed by atoms with van der Waals surface area (Å²) in [7, 11) is 0. The van der Waals surface area contributed by atoms with Gasteiger partial charge in [-0.2, -0.15) is 36.4 Å². The molecule has 0 amide bonds. The molecule has 3 heterocycles. The quantitative estimate of drug-likeness (QED) is 0.117. The van der Waals surface area contributed by atoms with E-state index in [0.717, 1.165) is 50.2 Å². The molecule has 0 unspecified atom stereocenters. The minimum Gasteiger partial charge on any atom is -0.358 e. The largest absolute Gasteiger partial charge is 0.358 e. The predicted octanol–water partition coefficient (Wildman–Crippen LogP) is 13.3. The normalized spacial score (nSPS) is 13.1. The molecule has 0 aliphatic carbocycles. The van der Waals surface area contributed by atoms with Crippen molar-refractivity contribution >= 4 is 33.2 Å². The van der Waals surface area contributed by atoms with Crippen molar-refractivity contribution in [2.24, 2.45) is 0 Å². The zero-order valence-corrected chi connectivity index (χ0v) is 38.2. The molecule has 1 aliphatic rings. The van der Waals surface area contributed by atoms with Crippen molar-refractivity contribution in [3.63, 3.8) is 0 Å². The molecule has 0 atom stereocenters. The third-order valence-corrected chi connectivity index (χ3v) is 11.8. The van der Waals surface area contributed by atoms with Gasteiger partial charge in [0, 0.05) is 56.3 Å². The molecule has 0 fully saturated rings. The molecule has 0 saturated heterocycles. The molecule has 0 bridgehead atoms. The maximum absolute atomic E-state index is 4.99. The number of rotatable bonds is 7. The van der Waals surface area contributed by atoms with Crippen LogP contribution in [0.1, 0.15) is 80.5 Å². The maximum Gasteiger partial charge on any atom is 0.135 e. The van der Waals surface area contributed by atoms with E-state index in [0.29, 0.717) is 6.67 Å². The van der Waals surface area contributed by atoms with E-state index < -0.39 is 5.41 Å². The molecule has 9 rings (SSSR count). The van der Waals surface area contributed by atoms with Crippen molar-refractivity contribution in [1.82, 2.24) is 9.55 Å². The number of benzene rings is 6. The van der Waals surface area contributed by atoms with Gasteiger partial charge in [0.05, 0.1) is 6.67 Å².